The molecule has 0 saturated carbocycles. The molecule has 1 atom stereocenters. The molecule has 2 heterocycles. The molecule has 100 valence electrons. The van der Waals surface area contributed by atoms with Crippen molar-refractivity contribution in [3.63, 3.8) is 0 Å². The summed E-state index contributed by atoms with van der Waals surface area (Å²) in [6, 6.07) is 2.71. The zero-order chi connectivity index (χ0) is 13.0. The Labute approximate surface area is 109 Å². The third-order valence-electron chi connectivity index (χ3n) is 3.53. The van der Waals surface area contributed by atoms with Crippen LogP contribution in [-0.2, 0) is 0 Å². The number of aryl methyl sites for hydroxylation is 1. The normalized spacial score (nSPS) is 18.9. The van der Waals surface area contributed by atoms with Crippen LogP contribution in [-0.4, -0.2) is 37.8 Å². The van der Waals surface area contributed by atoms with Gasteiger partial charge in [-0.15, -0.1) is 0 Å². The average molecular weight is 249 g/mol. The minimum atomic E-state index is 0.600. The van der Waals surface area contributed by atoms with Crippen LogP contribution in [0.2, 0.25) is 0 Å². The lowest BCUT2D eigenvalue weighted by atomic mass is 10.2. The molecular weight excluding hydrogens is 226 g/mol. The standard InChI is InChI=1S/C14H23N3O/c1-4-17(10-12-6-5-7-15-12)13-8-11(2)16-9-14(13)18-3/h8-9,12,15H,4-7,10H2,1-3H3. The Morgan fingerprint density at radius 3 is 3.00 bits per heavy atom. The Hall–Kier alpha value is -1.29. The Morgan fingerprint density at radius 1 is 1.56 bits per heavy atom. The van der Waals surface area contributed by atoms with E-state index in [1.54, 1.807) is 7.11 Å². The lowest BCUT2D eigenvalue weighted by Crippen LogP contribution is -2.37. The molecule has 4 heteroatoms. The van der Waals surface area contributed by atoms with Gasteiger partial charge in [-0.25, -0.2) is 0 Å². The Balaban J connectivity index is 2.17. The second-order valence-corrected chi connectivity index (χ2v) is 4.83. The summed E-state index contributed by atoms with van der Waals surface area (Å²) in [7, 11) is 1.71. The van der Waals surface area contributed by atoms with Gasteiger partial charge in [0.15, 0.2) is 5.75 Å². The van der Waals surface area contributed by atoms with Crippen LogP contribution >= 0.6 is 0 Å². The molecule has 0 spiro atoms. The van der Waals surface area contributed by atoms with Crippen molar-refractivity contribution in [3.05, 3.63) is 18.0 Å². The van der Waals surface area contributed by atoms with E-state index >= 15 is 0 Å². The van der Waals surface area contributed by atoms with Crippen LogP contribution in [0.5, 0.6) is 5.75 Å². The number of likely N-dealkylation sites (N-methyl/N-ethyl adjacent to an activating group) is 1. The van der Waals surface area contributed by atoms with Gasteiger partial charge >= 0.3 is 0 Å². The number of hydrogen-bond donors (Lipinski definition) is 1. The van der Waals surface area contributed by atoms with Crippen molar-refractivity contribution in [3.8, 4) is 5.75 Å². The van der Waals surface area contributed by atoms with Gasteiger partial charge < -0.3 is 15.0 Å². The first-order chi connectivity index (χ1) is 8.74. The van der Waals surface area contributed by atoms with E-state index in [1.165, 1.54) is 12.8 Å². The molecule has 1 fully saturated rings. The van der Waals surface area contributed by atoms with Crippen molar-refractivity contribution in [1.82, 2.24) is 10.3 Å². The number of anilines is 1. The van der Waals surface area contributed by atoms with Crippen molar-refractivity contribution in [2.75, 3.05) is 31.6 Å². The number of hydrogen-bond acceptors (Lipinski definition) is 4. The zero-order valence-corrected chi connectivity index (χ0v) is 11.6. The topological polar surface area (TPSA) is 37.4 Å². The van der Waals surface area contributed by atoms with Crippen LogP contribution in [0.3, 0.4) is 0 Å². The third-order valence-corrected chi connectivity index (χ3v) is 3.53. The Kier molecular flexibility index (Phi) is 4.42. The Morgan fingerprint density at radius 2 is 2.39 bits per heavy atom. The molecular formula is C14H23N3O. The van der Waals surface area contributed by atoms with Gasteiger partial charge in [0.2, 0.25) is 0 Å². The molecule has 0 radical (unpaired) electrons. The summed E-state index contributed by atoms with van der Waals surface area (Å²) in [5.41, 5.74) is 2.19. The van der Waals surface area contributed by atoms with E-state index in [0.29, 0.717) is 6.04 Å². The molecule has 1 aliphatic rings. The van der Waals surface area contributed by atoms with E-state index in [0.717, 1.165) is 36.8 Å². The minimum absolute atomic E-state index is 0.600. The lowest BCUT2D eigenvalue weighted by molar-refractivity contribution is 0.411. The molecule has 4 nitrogen and oxygen atoms in total. The number of pyridine rings is 1. The summed E-state index contributed by atoms with van der Waals surface area (Å²) < 4.78 is 5.42. The van der Waals surface area contributed by atoms with Gasteiger partial charge in [-0.1, -0.05) is 0 Å². The molecule has 1 saturated heterocycles. The summed E-state index contributed by atoms with van der Waals surface area (Å²) in [6.07, 6.45) is 4.37. The molecule has 1 unspecified atom stereocenters. The predicted molar refractivity (Wildman–Crippen MR) is 74.4 cm³/mol. The highest BCUT2D eigenvalue weighted by atomic mass is 16.5. The van der Waals surface area contributed by atoms with E-state index in [-0.39, 0.29) is 0 Å². The number of ether oxygens (including phenoxy) is 1. The molecule has 1 aliphatic heterocycles. The van der Waals surface area contributed by atoms with Crippen molar-refractivity contribution in [2.45, 2.75) is 32.7 Å². The molecule has 0 bridgehead atoms. The maximum Gasteiger partial charge on any atom is 0.160 e. The molecule has 1 N–H and O–H groups in total. The van der Waals surface area contributed by atoms with Crippen LogP contribution in [0.25, 0.3) is 0 Å². The third kappa shape index (κ3) is 2.93. The number of aromatic nitrogens is 1. The maximum atomic E-state index is 5.42. The van der Waals surface area contributed by atoms with E-state index in [2.05, 4.69) is 28.2 Å². The first-order valence-electron chi connectivity index (χ1n) is 6.73. The monoisotopic (exact) mass is 249 g/mol. The highest BCUT2D eigenvalue weighted by Crippen LogP contribution is 2.28. The fraction of sp³-hybridized carbons (Fsp3) is 0.643. The van der Waals surface area contributed by atoms with Crippen LogP contribution in [0.15, 0.2) is 12.3 Å². The number of rotatable bonds is 5. The van der Waals surface area contributed by atoms with Gasteiger partial charge in [0.1, 0.15) is 0 Å². The van der Waals surface area contributed by atoms with Gasteiger partial charge in [0, 0.05) is 24.8 Å². The summed E-state index contributed by atoms with van der Waals surface area (Å²) in [4.78, 5) is 6.66. The predicted octanol–water partition coefficient (Wildman–Crippen LogP) is 1.98. The van der Waals surface area contributed by atoms with Crippen molar-refractivity contribution in [2.24, 2.45) is 0 Å². The molecule has 1 aromatic heterocycles. The van der Waals surface area contributed by atoms with E-state index < -0.39 is 0 Å². The van der Waals surface area contributed by atoms with Crippen LogP contribution < -0.4 is 15.0 Å². The summed E-state index contributed by atoms with van der Waals surface area (Å²) >= 11 is 0. The van der Waals surface area contributed by atoms with Crippen molar-refractivity contribution >= 4 is 5.69 Å². The fourth-order valence-electron chi connectivity index (χ4n) is 2.51. The highest BCUT2D eigenvalue weighted by molar-refractivity contribution is 5.58. The van der Waals surface area contributed by atoms with Crippen molar-refractivity contribution in [1.29, 1.82) is 0 Å². The fourth-order valence-corrected chi connectivity index (χ4v) is 2.51. The molecule has 1 aromatic rings. The van der Waals surface area contributed by atoms with Gasteiger partial charge in [-0.05, 0) is 39.3 Å². The van der Waals surface area contributed by atoms with Gasteiger partial charge in [-0.2, -0.15) is 0 Å². The number of nitrogens with zero attached hydrogens (tertiary/aromatic N) is 2. The second kappa shape index (κ2) is 6.05. The lowest BCUT2D eigenvalue weighted by Gasteiger charge is -2.28. The highest BCUT2D eigenvalue weighted by Gasteiger charge is 2.19. The van der Waals surface area contributed by atoms with Crippen LogP contribution in [0.4, 0.5) is 5.69 Å². The maximum absolute atomic E-state index is 5.42. The van der Waals surface area contributed by atoms with Gasteiger partial charge in [-0.3, -0.25) is 4.98 Å². The number of methoxy groups -OCH3 is 1. The number of nitrogens with one attached hydrogen (secondary N) is 1. The molecule has 18 heavy (non-hydrogen) atoms. The largest absolute Gasteiger partial charge is 0.493 e. The van der Waals surface area contributed by atoms with Gasteiger partial charge in [0.25, 0.3) is 0 Å². The van der Waals surface area contributed by atoms with Crippen LogP contribution in [0.1, 0.15) is 25.5 Å². The molecule has 0 aliphatic carbocycles. The van der Waals surface area contributed by atoms with E-state index in [4.69, 9.17) is 4.74 Å². The molecule has 0 aromatic carbocycles. The van der Waals surface area contributed by atoms with E-state index in [1.807, 2.05) is 13.1 Å². The zero-order valence-electron chi connectivity index (χ0n) is 11.6. The SMILES string of the molecule is CCN(CC1CCCN1)c1cc(C)ncc1OC. The van der Waals surface area contributed by atoms with Gasteiger partial charge in [0.05, 0.1) is 19.0 Å². The summed E-state index contributed by atoms with van der Waals surface area (Å²) in [5.74, 6) is 0.862. The van der Waals surface area contributed by atoms with Crippen LogP contribution in [0, 0.1) is 6.92 Å². The average Bonchev–Trinajstić information content (AvgIpc) is 2.88. The second-order valence-electron chi connectivity index (χ2n) is 4.83. The minimum Gasteiger partial charge on any atom is -0.493 e. The smallest absolute Gasteiger partial charge is 0.160 e. The Bertz CT molecular complexity index is 389. The molecule has 0 amide bonds. The molecule has 2 rings (SSSR count). The quantitative estimate of drug-likeness (QED) is 0.866. The summed E-state index contributed by atoms with van der Waals surface area (Å²) in [6.45, 7) is 7.37. The van der Waals surface area contributed by atoms with E-state index in [9.17, 15) is 0 Å². The summed E-state index contributed by atoms with van der Waals surface area (Å²) in [5, 5.41) is 3.55. The first-order valence-corrected chi connectivity index (χ1v) is 6.73. The van der Waals surface area contributed by atoms with Crippen molar-refractivity contribution < 1.29 is 4.74 Å². The first kappa shape index (κ1) is 13.1.